The fourth-order valence-electron chi connectivity index (χ4n) is 5.48. The first kappa shape index (κ1) is 24.2. The van der Waals surface area contributed by atoms with Crippen LogP contribution in [-0.2, 0) is 0 Å². The highest BCUT2D eigenvalue weighted by Gasteiger charge is 2.27. The van der Waals surface area contributed by atoms with Gasteiger partial charge in [-0.2, -0.15) is 19.5 Å². The van der Waals surface area contributed by atoms with Crippen LogP contribution in [0.4, 0.5) is 17.6 Å². The predicted molar refractivity (Wildman–Crippen MR) is 142 cm³/mol. The van der Waals surface area contributed by atoms with Gasteiger partial charge in [0.05, 0.1) is 11.8 Å². The fraction of sp³-hybridized carbons (Fsp3) is 0.423. The van der Waals surface area contributed by atoms with Crippen molar-refractivity contribution in [1.82, 2.24) is 29.5 Å². The quantitative estimate of drug-likeness (QED) is 0.389. The maximum Gasteiger partial charge on any atom is 0.335 e. The molecule has 0 aliphatic carbocycles. The number of aromatic nitrogens is 5. The minimum absolute atomic E-state index is 0.250. The summed E-state index contributed by atoms with van der Waals surface area (Å²) >= 11 is 0. The zero-order chi connectivity index (χ0) is 26.2. The van der Waals surface area contributed by atoms with Crippen LogP contribution in [-0.4, -0.2) is 86.4 Å². The van der Waals surface area contributed by atoms with Crippen LogP contribution in [0.1, 0.15) is 28.8 Å². The summed E-state index contributed by atoms with van der Waals surface area (Å²) in [7, 11) is 0. The van der Waals surface area contributed by atoms with Crippen molar-refractivity contribution in [3.05, 3.63) is 47.7 Å². The summed E-state index contributed by atoms with van der Waals surface area (Å²) in [5.41, 5.74) is 8.46. The summed E-state index contributed by atoms with van der Waals surface area (Å²) in [4.78, 5) is 32.1. The molecule has 0 amide bonds. The number of piperidine rings is 1. The Bertz CT molecular complexity index is 1440. The summed E-state index contributed by atoms with van der Waals surface area (Å²) < 4.78 is 6.85. The highest BCUT2D eigenvalue weighted by atomic mass is 16.4. The summed E-state index contributed by atoms with van der Waals surface area (Å²) in [6.45, 7) is 8.41. The molecule has 4 aromatic rings. The number of fused-ring (bicyclic) bond motifs is 1. The van der Waals surface area contributed by atoms with E-state index >= 15 is 0 Å². The first-order valence-corrected chi connectivity index (χ1v) is 12.9. The van der Waals surface area contributed by atoms with Crippen molar-refractivity contribution in [3.8, 4) is 11.6 Å². The zero-order valence-corrected chi connectivity index (χ0v) is 21.3. The van der Waals surface area contributed by atoms with E-state index in [0.29, 0.717) is 34.8 Å². The number of aromatic carboxylic acids is 1. The van der Waals surface area contributed by atoms with E-state index in [2.05, 4.69) is 34.8 Å². The van der Waals surface area contributed by atoms with Gasteiger partial charge < -0.3 is 25.1 Å². The molecule has 2 aliphatic heterocycles. The molecule has 5 heterocycles. The predicted octanol–water partition coefficient (Wildman–Crippen LogP) is 2.41. The van der Waals surface area contributed by atoms with Crippen molar-refractivity contribution < 1.29 is 14.3 Å². The number of nitrogens with two attached hydrogens (primary N) is 1. The number of rotatable bonds is 6. The normalized spacial score (nSPS) is 18.8. The molecule has 6 rings (SSSR count). The average Bonchev–Trinajstić information content (AvgIpc) is 3.60. The summed E-state index contributed by atoms with van der Waals surface area (Å²) in [6, 6.07) is 9.19. The van der Waals surface area contributed by atoms with Crippen LogP contribution in [0, 0.1) is 12.8 Å². The van der Waals surface area contributed by atoms with Gasteiger partial charge in [0.15, 0.2) is 5.76 Å². The Hall–Kier alpha value is -4.19. The molecule has 12 heteroatoms. The highest BCUT2D eigenvalue weighted by Crippen LogP contribution is 2.25. The standard InChI is InChI=1S/C26H31N9O3/c1-17-14-19(6-7-20(17)23(36)37)33-11-9-32(10-12-33)15-18-4-2-8-34(16-18)25-29-24(27)35-26(30-25)28-22(31-35)21-5-3-13-38-21/h3,5-7,13-14,18H,2,4,8-12,15-16H2,1H3,(H,36,37)(H2,27,28,29,30,31)/t18-/m0/s1. The smallest absolute Gasteiger partial charge is 0.335 e. The van der Waals surface area contributed by atoms with Gasteiger partial charge in [0.1, 0.15) is 0 Å². The zero-order valence-electron chi connectivity index (χ0n) is 21.3. The number of hydrogen-bond donors (Lipinski definition) is 2. The molecule has 0 unspecified atom stereocenters. The van der Waals surface area contributed by atoms with Crippen molar-refractivity contribution in [1.29, 1.82) is 0 Å². The molecular weight excluding hydrogens is 486 g/mol. The van der Waals surface area contributed by atoms with Gasteiger partial charge in [0.2, 0.25) is 17.7 Å². The van der Waals surface area contributed by atoms with Gasteiger partial charge in [-0.25, -0.2) is 4.79 Å². The molecule has 0 radical (unpaired) electrons. The lowest BCUT2D eigenvalue weighted by Crippen LogP contribution is -2.50. The van der Waals surface area contributed by atoms with Crippen LogP contribution in [0.25, 0.3) is 17.4 Å². The molecule has 12 nitrogen and oxygen atoms in total. The Kier molecular flexibility index (Phi) is 6.32. The molecule has 2 aliphatic rings. The molecule has 2 fully saturated rings. The van der Waals surface area contributed by atoms with E-state index < -0.39 is 5.97 Å². The Balaban J connectivity index is 1.08. The molecule has 2 saturated heterocycles. The molecule has 1 aromatic carbocycles. The molecular formula is C26H31N9O3. The van der Waals surface area contributed by atoms with Gasteiger partial charge in [-0.05, 0) is 61.6 Å². The Labute approximate surface area is 219 Å². The topological polar surface area (TPSA) is 142 Å². The summed E-state index contributed by atoms with van der Waals surface area (Å²) in [5.74, 6) is 1.85. The van der Waals surface area contributed by atoms with E-state index in [-0.39, 0.29) is 5.95 Å². The third-order valence-electron chi connectivity index (χ3n) is 7.46. The van der Waals surface area contributed by atoms with Crippen LogP contribution >= 0.6 is 0 Å². The van der Waals surface area contributed by atoms with Crippen molar-refractivity contribution in [2.45, 2.75) is 19.8 Å². The van der Waals surface area contributed by atoms with Crippen molar-refractivity contribution in [2.75, 3.05) is 61.3 Å². The minimum Gasteiger partial charge on any atom is -0.478 e. The van der Waals surface area contributed by atoms with Crippen molar-refractivity contribution in [3.63, 3.8) is 0 Å². The van der Waals surface area contributed by atoms with Gasteiger partial charge >= 0.3 is 5.97 Å². The maximum atomic E-state index is 11.3. The second-order valence-corrected chi connectivity index (χ2v) is 10.1. The monoisotopic (exact) mass is 517 g/mol. The number of nitrogens with zero attached hydrogens (tertiary/aromatic N) is 8. The van der Waals surface area contributed by atoms with Gasteiger partial charge in [0, 0.05) is 51.5 Å². The number of carboxylic acid groups (broad SMARTS) is 1. The van der Waals surface area contributed by atoms with Crippen LogP contribution in [0.5, 0.6) is 0 Å². The second-order valence-electron chi connectivity index (χ2n) is 10.1. The molecule has 38 heavy (non-hydrogen) atoms. The van der Waals surface area contributed by atoms with Crippen molar-refractivity contribution >= 4 is 29.3 Å². The average molecular weight is 518 g/mol. The van der Waals surface area contributed by atoms with Crippen molar-refractivity contribution in [2.24, 2.45) is 5.92 Å². The lowest BCUT2D eigenvalue weighted by molar-refractivity contribution is 0.0696. The van der Waals surface area contributed by atoms with Gasteiger partial charge in [-0.15, -0.1) is 5.10 Å². The molecule has 0 bridgehead atoms. The fourth-order valence-corrected chi connectivity index (χ4v) is 5.48. The molecule has 1 atom stereocenters. The number of aryl methyl sites for hydroxylation is 1. The van der Waals surface area contributed by atoms with Gasteiger partial charge in [-0.3, -0.25) is 4.90 Å². The van der Waals surface area contributed by atoms with E-state index in [1.165, 1.54) is 4.52 Å². The largest absolute Gasteiger partial charge is 0.478 e. The number of hydrogen-bond acceptors (Lipinski definition) is 10. The Morgan fingerprint density at radius 1 is 1.11 bits per heavy atom. The van der Waals surface area contributed by atoms with Gasteiger partial charge in [-0.1, -0.05) is 0 Å². The number of carbonyl (C=O) groups is 1. The highest BCUT2D eigenvalue weighted by molar-refractivity contribution is 5.89. The molecule has 3 aromatic heterocycles. The maximum absolute atomic E-state index is 11.3. The third kappa shape index (κ3) is 4.74. The van der Waals surface area contributed by atoms with E-state index in [1.54, 1.807) is 24.5 Å². The summed E-state index contributed by atoms with van der Waals surface area (Å²) in [6.07, 6.45) is 3.81. The first-order valence-electron chi connectivity index (χ1n) is 12.9. The molecule has 3 N–H and O–H groups in total. The number of carboxylic acids is 1. The number of benzene rings is 1. The Morgan fingerprint density at radius 2 is 1.95 bits per heavy atom. The van der Waals surface area contributed by atoms with E-state index in [4.69, 9.17) is 10.2 Å². The second kappa shape index (κ2) is 9.93. The van der Waals surface area contributed by atoms with E-state index in [0.717, 1.165) is 69.9 Å². The number of nitrogen functional groups attached to an aromatic ring is 1. The lowest BCUT2D eigenvalue weighted by Gasteiger charge is -2.40. The van der Waals surface area contributed by atoms with Gasteiger partial charge in [0.25, 0.3) is 5.78 Å². The first-order chi connectivity index (χ1) is 18.4. The van der Waals surface area contributed by atoms with Crippen LogP contribution in [0.15, 0.2) is 41.0 Å². The summed E-state index contributed by atoms with van der Waals surface area (Å²) in [5, 5.41) is 13.7. The number of furan rings is 1. The SMILES string of the molecule is Cc1cc(N2CCN(C[C@@H]3CCCN(c4nc(N)n5nc(-c6ccco6)nc5n4)C3)CC2)ccc1C(=O)O. The third-order valence-corrected chi connectivity index (χ3v) is 7.46. The molecule has 198 valence electrons. The van der Waals surface area contributed by atoms with Crippen LogP contribution < -0.4 is 15.5 Å². The lowest BCUT2D eigenvalue weighted by atomic mass is 9.97. The Morgan fingerprint density at radius 3 is 2.68 bits per heavy atom. The van der Waals surface area contributed by atoms with E-state index in [1.807, 2.05) is 19.1 Å². The van der Waals surface area contributed by atoms with Crippen LogP contribution in [0.2, 0.25) is 0 Å². The van der Waals surface area contributed by atoms with E-state index in [9.17, 15) is 9.90 Å². The number of piperazine rings is 1. The van der Waals surface area contributed by atoms with Crippen LogP contribution in [0.3, 0.4) is 0 Å². The minimum atomic E-state index is -0.881. The number of anilines is 3. The molecule has 0 spiro atoms. The molecule has 0 saturated carbocycles.